The number of aliphatic imine (C=N–C) groups is 1. The minimum atomic E-state index is 0.508. The van der Waals surface area contributed by atoms with Crippen LogP contribution in [0.5, 0.6) is 0 Å². The lowest BCUT2D eigenvalue weighted by Gasteiger charge is -2.21. The molecule has 1 atom stereocenters. The minimum absolute atomic E-state index is 0.508. The van der Waals surface area contributed by atoms with Gasteiger partial charge in [-0.2, -0.15) is 0 Å². The molecule has 0 saturated heterocycles. The average molecular weight is 320 g/mol. The summed E-state index contributed by atoms with van der Waals surface area (Å²) in [5.74, 6) is 1.30. The molecule has 0 saturated carbocycles. The molecule has 0 aliphatic carbocycles. The monoisotopic (exact) mass is 319 g/mol. The summed E-state index contributed by atoms with van der Waals surface area (Å²) in [6, 6.07) is 0. The van der Waals surface area contributed by atoms with Crippen LogP contribution in [0.1, 0.15) is 93.4 Å². The standard InChI is InChI=1S/C20H35N.C2H6/c1-7-13-18(11-5)16-21-20(12-6)19(14-8-2)15-17(9-3)10-4;1-2/h11,16-17,19H,6-10,13-15H2,1-5H3;1-2H3/b18-11-,21-16?;. The van der Waals surface area contributed by atoms with Crippen LogP contribution in [-0.2, 0) is 0 Å². The summed E-state index contributed by atoms with van der Waals surface area (Å²) in [6.45, 7) is 19.0. The van der Waals surface area contributed by atoms with Gasteiger partial charge in [-0.15, -0.1) is 5.73 Å². The molecule has 0 radical (unpaired) electrons. The van der Waals surface area contributed by atoms with Crippen molar-refractivity contribution in [1.29, 1.82) is 0 Å². The van der Waals surface area contributed by atoms with Crippen molar-refractivity contribution in [3.8, 4) is 0 Å². The number of rotatable bonds is 11. The maximum absolute atomic E-state index is 4.72. The highest BCUT2D eigenvalue weighted by atomic mass is 14.7. The highest BCUT2D eigenvalue weighted by Crippen LogP contribution is 2.28. The van der Waals surface area contributed by atoms with Gasteiger partial charge < -0.3 is 0 Å². The number of nitrogens with zero attached hydrogens (tertiary/aromatic N) is 1. The number of hydrogen-bond donors (Lipinski definition) is 0. The van der Waals surface area contributed by atoms with E-state index in [1.165, 1.54) is 37.7 Å². The number of hydrogen-bond acceptors (Lipinski definition) is 1. The molecule has 134 valence electrons. The van der Waals surface area contributed by atoms with Crippen LogP contribution in [0.4, 0.5) is 0 Å². The van der Waals surface area contributed by atoms with Crippen LogP contribution in [-0.4, -0.2) is 6.21 Å². The first-order valence-electron chi connectivity index (χ1n) is 9.75. The van der Waals surface area contributed by atoms with Crippen LogP contribution < -0.4 is 0 Å². The van der Waals surface area contributed by atoms with Gasteiger partial charge in [-0.3, -0.25) is 4.99 Å². The lowest BCUT2D eigenvalue weighted by atomic mass is 9.86. The molecule has 0 bridgehead atoms. The van der Waals surface area contributed by atoms with Gasteiger partial charge in [0.25, 0.3) is 0 Å². The van der Waals surface area contributed by atoms with Crippen LogP contribution in [0, 0.1) is 11.8 Å². The molecule has 0 fully saturated rings. The van der Waals surface area contributed by atoms with Crippen molar-refractivity contribution in [2.75, 3.05) is 0 Å². The maximum Gasteiger partial charge on any atom is 0.0845 e. The minimum Gasteiger partial charge on any atom is -0.252 e. The van der Waals surface area contributed by atoms with Gasteiger partial charge in [-0.05, 0) is 37.7 Å². The third-order valence-electron chi connectivity index (χ3n) is 4.26. The summed E-state index contributed by atoms with van der Waals surface area (Å²) < 4.78 is 0. The first kappa shape index (κ1) is 24.2. The van der Waals surface area contributed by atoms with Crippen LogP contribution in [0.15, 0.2) is 34.6 Å². The predicted octanol–water partition coefficient (Wildman–Crippen LogP) is 7.74. The summed E-state index contributed by atoms with van der Waals surface area (Å²) in [4.78, 5) is 4.72. The third-order valence-corrected chi connectivity index (χ3v) is 4.26. The molecule has 0 rings (SSSR count). The van der Waals surface area contributed by atoms with E-state index >= 15 is 0 Å². The van der Waals surface area contributed by atoms with Crippen molar-refractivity contribution < 1.29 is 0 Å². The summed E-state index contributed by atoms with van der Waals surface area (Å²) >= 11 is 0. The van der Waals surface area contributed by atoms with Gasteiger partial charge in [0.2, 0.25) is 0 Å². The molecule has 0 aliphatic heterocycles. The topological polar surface area (TPSA) is 12.4 Å². The zero-order chi connectivity index (χ0) is 18.1. The summed E-state index contributed by atoms with van der Waals surface area (Å²) in [7, 11) is 0. The molecular weight excluding hydrogens is 278 g/mol. The van der Waals surface area contributed by atoms with Crippen LogP contribution in [0.25, 0.3) is 0 Å². The molecule has 0 spiro atoms. The largest absolute Gasteiger partial charge is 0.252 e. The molecule has 1 heteroatoms. The highest BCUT2D eigenvalue weighted by Gasteiger charge is 2.17. The molecule has 0 aromatic heterocycles. The molecule has 1 nitrogen and oxygen atoms in total. The first-order valence-corrected chi connectivity index (χ1v) is 9.75. The van der Waals surface area contributed by atoms with E-state index in [2.05, 4.69) is 53.0 Å². The quantitative estimate of drug-likeness (QED) is 0.273. The van der Waals surface area contributed by atoms with E-state index in [-0.39, 0.29) is 0 Å². The van der Waals surface area contributed by atoms with Gasteiger partial charge in [0.05, 0.1) is 5.70 Å². The zero-order valence-electron chi connectivity index (χ0n) is 16.9. The van der Waals surface area contributed by atoms with E-state index in [9.17, 15) is 0 Å². The number of allylic oxidation sites excluding steroid dienone is 3. The van der Waals surface area contributed by atoms with E-state index in [0.29, 0.717) is 5.92 Å². The van der Waals surface area contributed by atoms with E-state index < -0.39 is 0 Å². The Morgan fingerprint density at radius 3 is 2.09 bits per heavy atom. The molecule has 0 N–H and O–H groups in total. The fourth-order valence-electron chi connectivity index (χ4n) is 2.76. The van der Waals surface area contributed by atoms with Gasteiger partial charge in [-0.1, -0.05) is 79.9 Å². The highest BCUT2D eigenvalue weighted by molar-refractivity contribution is 5.79. The first-order chi connectivity index (χ1) is 11.2. The van der Waals surface area contributed by atoms with Crippen LogP contribution >= 0.6 is 0 Å². The fourth-order valence-corrected chi connectivity index (χ4v) is 2.76. The Morgan fingerprint density at radius 2 is 1.70 bits per heavy atom. The molecule has 23 heavy (non-hydrogen) atoms. The van der Waals surface area contributed by atoms with Gasteiger partial charge in [0, 0.05) is 12.1 Å². The molecule has 0 aliphatic rings. The molecule has 0 amide bonds. The van der Waals surface area contributed by atoms with E-state index in [0.717, 1.165) is 24.5 Å². The maximum atomic E-state index is 4.72. The lowest BCUT2D eigenvalue weighted by molar-refractivity contribution is 0.367. The molecular formula is C22H41N. The van der Waals surface area contributed by atoms with E-state index in [1.807, 2.05) is 20.1 Å². The normalized spacial score (nSPS) is 12.8. The Hall–Kier alpha value is -1.07. The predicted molar refractivity (Wildman–Crippen MR) is 108 cm³/mol. The summed E-state index contributed by atoms with van der Waals surface area (Å²) in [5.41, 5.74) is 5.47. The zero-order valence-corrected chi connectivity index (χ0v) is 16.9. The van der Waals surface area contributed by atoms with Gasteiger partial charge in [-0.25, -0.2) is 0 Å². The van der Waals surface area contributed by atoms with Crippen LogP contribution in [0.3, 0.4) is 0 Å². The van der Waals surface area contributed by atoms with Crippen molar-refractivity contribution in [1.82, 2.24) is 0 Å². The van der Waals surface area contributed by atoms with Gasteiger partial charge >= 0.3 is 0 Å². The third kappa shape index (κ3) is 11.2. The molecule has 1 unspecified atom stereocenters. The summed E-state index contributed by atoms with van der Waals surface area (Å²) in [6.07, 6.45) is 12.5. The Morgan fingerprint density at radius 1 is 1.09 bits per heavy atom. The summed E-state index contributed by atoms with van der Waals surface area (Å²) in [5, 5.41) is 0. The van der Waals surface area contributed by atoms with Gasteiger partial charge in [0.1, 0.15) is 0 Å². The van der Waals surface area contributed by atoms with E-state index in [4.69, 9.17) is 4.99 Å². The Bertz CT molecular complexity index is 365. The molecule has 0 aromatic rings. The van der Waals surface area contributed by atoms with Gasteiger partial charge in [0.15, 0.2) is 0 Å². The molecule has 0 heterocycles. The second-order valence-electron chi connectivity index (χ2n) is 5.84. The second kappa shape index (κ2) is 17.3. The smallest absolute Gasteiger partial charge is 0.0845 e. The Balaban J connectivity index is 0. The van der Waals surface area contributed by atoms with Crippen LogP contribution in [0.2, 0.25) is 0 Å². The lowest BCUT2D eigenvalue weighted by Crippen LogP contribution is -2.10. The molecule has 0 aromatic carbocycles. The van der Waals surface area contributed by atoms with Crippen molar-refractivity contribution in [2.45, 2.75) is 93.4 Å². The van der Waals surface area contributed by atoms with Crippen molar-refractivity contribution in [3.05, 3.63) is 29.7 Å². The fraction of sp³-hybridized carbons (Fsp3) is 0.727. The SMILES string of the molecule is C=C=C(N=C/C(=C\C)CCC)C(CCC)CC(CC)CC.CC. The van der Waals surface area contributed by atoms with E-state index in [1.54, 1.807) is 0 Å². The van der Waals surface area contributed by atoms with Crippen molar-refractivity contribution in [2.24, 2.45) is 16.8 Å². The van der Waals surface area contributed by atoms with Crippen molar-refractivity contribution in [3.63, 3.8) is 0 Å². The van der Waals surface area contributed by atoms with Crippen molar-refractivity contribution >= 4 is 6.21 Å². The Kier molecular flexibility index (Phi) is 18.2. The Labute approximate surface area is 146 Å². The second-order valence-corrected chi connectivity index (χ2v) is 5.84. The average Bonchev–Trinajstić information content (AvgIpc) is 2.60.